The maximum Gasteiger partial charge on any atom is 0.244 e. The lowest BCUT2D eigenvalue weighted by molar-refractivity contribution is -0.140. The Morgan fingerprint density at radius 2 is 1.37 bits per heavy atom. The zero-order valence-corrected chi connectivity index (χ0v) is 22.5. The van der Waals surface area contributed by atoms with Gasteiger partial charge < -0.3 is 10.2 Å². The van der Waals surface area contributed by atoms with Crippen LogP contribution in [0.4, 0.5) is 5.69 Å². The molecule has 2 amide bonds. The monoisotopic (exact) mass is 533 g/mol. The number of hydrogen-bond donors (Lipinski definition) is 1. The van der Waals surface area contributed by atoms with Gasteiger partial charge in [-0.2, -0.15) is 0 Å². The Bertz CT molecular complexity index is 1300. The molecule has 0 spiro atoms. The van der Waals surface area contributed by atoms with E-state index in [-0.39, 0.29) is 18.5 Å². The molecule has 1 N–H and O–H groups in total. The third-order valence-corrected chi connectivity index (χ3v) is 8.03. The molecule has 8 heteroatoms. The number of rotatable bonds is 11. The van der Waals surface area contributed by atoms with Crippen LogP contribution in [0.5, 0.6) is 0 Å². The molecule has 3 aromatic rings. The molecule has 1 atom stereocenters. The summed E-state index contributed by atoms with van der Waals surface area (Å²) in [7, 11) is -3.76. The fraction of sp³-hybridized carbons (Fsp3) is 0.333. The number of sulfonamides is 1. The van der Waals surface area contributed by atoms with Gasteiger partial charge in [0, 0.05) is 19.0 Å². The Hall–Kier alpha value is -3.65. The van der Waals surface area contributed by atoms with Crippen molar-refractivity contribution in [2.24, 2.45) is 0 Å². The van der Waals surface area contributed by atoms with Gasteiger partial charge in [-0.15, -0.1) is 0 Å². The highest BCUT2D eigenvalue weighted by Gasteiger charge is 2.34. The van der Waals surface area contributed by atoms with Gasteiger partial charge in [-0.1, -0.05) is 91.7 Å². The van der Waals surface area contributed by atoms with Crippen LogP contribution in [0.15, 0.2) is 91.0 Å². The number of carbonyl (C=O) groups excluding carboxylic acids is 2. The molecule has 1 fully saturated rings. The molecule has 1 aliphatic carbocycles. The van der Waals surface area contributed by atoms with E-state index < -0.39 is 28.5 Å². The number of amides is 2. The van der Waals surface area contributed by atoms with Gasteiger partial charge in [-0.05, 0) is 36.1 Å². The van der Waals surface area contributed by atoms with Crippen molar-refractivity contribution in [3.05, 3.63) is 102 Å². The van der Waals surface area contributed by atoms with Crippen LogP contribution in [0, 0.1) is 0 Å². The quantitative estimate of drug-likeness (QED) is 0.401. The first-order valence-electron chi connectivity index (χ1n) is 13.0. The number of benzene rings is 3. The standard InChI is InChI=1S/C30H35N3O4S/c1-38(36,37)33(27-19-9-4-10-20-27)23-29(34)32(22-25-15-7-3-8-16-25)28(21-24-13-5-2-6-14-24)30(35)31-26-17-11-12-18-26/h2-10,13-16,19-20,26,28H,11-12,17-18,21-23H2,1H3,(H,31,35)/t28-/m1/s1. The van der Waals surface area contributed by atoms with E-state index in [9.17, 15) is 18.0 Å². The number of carbonyl (C=O) groups is 2. The average molecular weight is 534 g/mol. The molecule has 3 aromatic carbocycles. The van der Waals surface area contributed by atoms with E-state index in [1.807, 2.05) is 60.7 Å². The molecular weight excluding hydrogens is 498 g/mol. The molecule has 0 saturated heterocycles. The van der Waals surface area contributed by atoms with Gasteiger partial charge in [0.25, 0.3) is 0 Å². The molecule has 0 radical (unpaired) electrons. The fourth-order valence-electron chi connectivity index (χ4n) is 4.91. The zero-order chi connectivity index (χ0) is 27.0. The molecule has 1 saturated carbocycles. The van der Waals surface area contributed by atoms with Gasteiger partial charge in [0.1, 0.15) is 12.6 Å². The van der Waals surface area contributed by atoms with Crippen molar-refractivity contribution in [3.63, 3.8) is 0 Å². The minimum Gasteiger partial charge on any atom is -0.352 e. The summed E-state index contributed by atoms with van der Waals surface area (Å²) in [5.74, 6) is -0.652. The Morgan fingerprint density at radius 3 is 1.92 bits per heavy atom. The number of nitrogens with one attached hydrogen (secondary N) is 1. The van der Waals surface area contributed by atoms with Crippen LogP contribution in [0.3, 0.4) is 0 Å². The third kappa shape index (κ3) is 7.44. The Morgan fingerprint density at radius 1 is 0.842 bits per heavy atom. The molecule has 7 nitrogen and oxygen atoms in total. The van der Waals surface area contributed by atoms with Gasteiger partial charge >= 0.3 is 0 Å². The van der Waals surface area contributed by atoms with E-state index in [0.29, 0.717) is 12.1 Å². The molecule has 4 rings (SSSR count). The molecule has 0 unspecified atom stereocenters. The number of para-hydroxylation sites is 1. The van der Waals surface area contributed by atoms with Gasteiger partial charge in [-0.3, -0.25) is 13.9 Å². The first-order valence-corrected chi connectivity index (χ1v) is 14.9. The van der Waals surface area contributed by atoms with Crippen molar-refractivity contribution < 1.29 is 18.0 Å². The van der Waals surface area contributed by atoms with Crippen molar-refractivity contribution in [2.75, 3.05) is 17.1 Å². The van der Waals surface area contributed by atoms with Crippen LogP contribution in [-0.2, 0) is 32.6 Å². The molecule has 0 heterocycles. The normalized spacial score (nSPS) is 14.6. The molecule has 0 aliphatic heterocycles. The summed E-state index contributed by atoms with van der Waals surface area (Å²) < 4.78 is 26.6. The highest BCUT2D eigenvalue weighted by atomic mass is 32.2. The number of hydrogen-bond acceptors (Lipinski definition) is 4. The lowest BCUT2D eigenvalue weighted by Crippen LogP contribution is -2.54. The summed E-state index contributed by atoms with van der Waals surface area (Å²) in [6.07, 6.45) is 5.40. The second-order valence-electron chi connectivity index (χ2n) is 9.81. The average Bonchev–Trinajstić information content (AvgIpc) is 3.43. The lowest BCUT2D eigenvalue weighted by atomic mass is 10.0. The fourth-order valence-corrected chi connectivity index (χ4v) is 5.76. The van der Waals surface area contributed by atoms with Crippen molar-refractivity contribution in [3.8, 4) is 0 Å². The minimum atomic E-state index is -3.76. The van der Waals surface area contributed by atoms with Crippen LogP contribution in [0.1, 0.15) is 36.8 Å². The topological polar surface area (TPSA) is 86.8 Å². The molecule has 1 aliphatic rings. The Kier molecular flexibility index (Phi) is 9.18. The highest BCUT2D eigenvalue weighted by molar-refractivity contribution is 7.92. The van der Waals surface area contributed by atoms with Gasteiger partial charge in [-0.25, -0.2) is 8.42 Å². The molecule has 200 valence electrons. The SMILES string of the molecule is CS(=O)(=O)N(CC(=O)N(Cc1ccccc1)[C@H](Cc1ccccc1)C(=O)NC1CCCC1)c1ccccc1. The van der Waals surface area contributed by atoms with E-state index >= 15 is 0 Å². The van der Waals surface area contributed by atoms with E-state index in [1.54, 1.807) is 30.3 Å². The minimum absolute atomic E-state index is 0.0892. The third-order valence-electron chi connectivity index (χ3n) is 6.89. The summed E-state index contributed by atoms with van der Waals surface area (Å²) >= 11 is 0. The van der Waals surface area contributed by atoms with Crippen LogP contribution in [-0.4, -0.2) is 50.0 Å². The zero-order valence-electron chi connectivity index (χ0n) is 21.7. The van der Waals surface area contributed by atoms with Gasteiger partial charge in [0.2, 0.25) is 21.8 Å². The van der Waals surface area contributed by atoms with Crippen molar-refractivity contribution in [2.45, 2.75) is 50.7 Å². The summed E-state index contributed by atoms with van der Waals surface area (Å²) in [5, 5.41) is 3.17. The highest BCUT2D eigenvalue weighted by Crippen LogP contribution is 2.22. The van der Waals surface area contributed by atoms with Crippen LogP contribution in [0.25, 0.3) is 0 Å². The largest absolute Gasteiger partial charge is 0.352 e. The van der Waals surface area contributed by atoms with Gasteiger partial charge in [0.05, 0.1) is 11.9 Å². The Labute approximate surface area is 225 Å². The first-order chi connectivity index (χ1) is 18.3. The van der Waals surface area contributed by atoms with Crippen LogP contribution in [0.2, 0.25) is 0 Å². The maximum absolute atomic E-state index is 14.0. The predicted octanol–water partition coefficient (Wildman–Crippen LogP) is 4.15. The van der Waals surface area contributed by atoms with Crippen LogP contribution >= 0.6 is 0 Å². The summed E-state index contributed by atoms with van der Waals surface area (Å²) in [6.45, 7) is -0.223. The molecule has 0 aromatic heterocycles. The first kappa shape index (κ1) is 27.4. The number of nitrogens with zero attached hydrogens (tertiary/aromatic N) is 2. The van der Waals surface area contributed by atoms with E-state index in [0.717, 1.165) is 47.4 Å². The van der Waals surface area contributed by atoms with Crippen molar-refractivity contribution in [1.82, 2.24) is 10.2 Å². The molecule has 38 heavy (non-hydrogen) atoms. The summed E-state index contributed by atoms with van der Waals surface area (Å²) in [6, 6.07) is 26.9. The van der Waals surface area contributed by atoms with E-state index in [4.69, 9.17) is 0 Å². The van der Waals surface area contributed by atoms with Gasteiger partial charge in [0.15, 0.2) is 0 Å². The molecule has 0 bridgehead atoms. The second-order valence-corrected chi connectivity index (χ2v) is 11.7. The van der Waals surface area contributed by atoms with Crippen LogP contribution < -0.4 is 9.62 Å². The summed E-state index contributed by atoms with van der Waals surface area (Å²) in [4.78, 5) is 29.3. The maximum atomic E-state index is 14.0. The Balaban J connectivity index is 1.69. The summed E-state index contributed by atoms with van der Waals surface area (Å²) in [5.41, 5.74) is 2.18. The lowest BCUT2D eigenvalue weighted by Gasteiger charge is -2.34. The predicted molar refractivity (Wildman–Crippen MR) is 150 cm³/mol. The number of anilines is 1. The smallest absolute Gasteiger partial charge is 0.244 e. The van der Waals surface area contributed by atoms with E-state index in [2.05, 4.69) is 5.32 Å². The second kappa shape index (κ2) is 12.7. The van der Waals surface area contributed by atoms with Crippen molar-refractivity contribution in [1.29, 1.82) is 0 Å². The molecular formula is C30H35N3O4S. The van der Waals surface area contributed by atoms with E-state index in [1.165, 1.54) is 4.90 Å². The van der Waals surface area contributed by atoms with Crippen molar-refractivity contribution >= 4 is 27.5 Å².